The molecule has 1 atom stereocenters. The molecule has 0 N–H and O–H groups in total. The first-order chi connectivity index (χ1) is 10.8. The molecular formula is C17H30N2OS2. The first-order valence-corrected chi connectivity index (χ1v) is 11.2. The lowest BCUT2D eigenvalue weighted by molar-refractivity contribution is -0.130. The molecule has 1 amide bonds. The van der Waals surface area contributed by atoms with Crippen molar-refractivity contribution in [2.75, 3.05) is 43.4 Å². The van der Waals surface area contributed by atoms with E-state index in [0.717, 1.165) is 24.1 Å². The number of nitrogens with zero attached hydrogens (tertiary/aromatic N) is 2. The fourth-order valence-electron chi connectivity index (χ4n) is 3.90. The lowest BCUT2D eigenvalue weighted by Crippen LogP contribution is -2.48. The lowest BCUT2D eigenvalue weighted by Gasteiger charge is -2.33. The average molecular weight is 343 g/mol. The van der Waals surface area contributed by atoms with Crippen LogP contribution >= 0.6 is 23.5 Å². The van der Waals surface area contributed by atoms with Crippen LogP contribution in [0.2, 0.25) is 0 Å². The number of carbonyl (C=O) groups is 1. The van der Waals surface area contributed by atoms with Crippen molar-refractivity contribution in [2.24, 2.45) is 0 Å². The van der Waals surface area contributed by atoms with Gasteiger partial charge in [-0.2, -0.15) is 11.8 Å². The van der Waals surface area contributed by atoms with E-state index in [9.17, 15) is 4.79 Å². The summed E-state index contributed by atoms with van der Waals surface area (Å²) >= 11 is 3.97. The molecule has 0 aromatic carbocycles. The van der Waals surface area contributed by atoms with Crippen molar-refractivity contribution in [3.8, 4) is 0 Å². The van der Waals surface area contributed by atoms with Crippen molar-refractivity contribution < 1.29 is 4.79 Å². The van der Waals surface area contributed by atoms with E-state index in [1.165, 1.54) is 63.8 Å². The molecule has 0 spiro atoms. The van der Waals surface area contributed by atoms with Gasteiger partial charge in [0.05, 0.1) is 11.8 Å². The van der Waals surface area contributed by atoms with Crippen LogP contribution in [0.4, 0.5) is 0 Å². The average Bonchev–Trinajstić information content (AvgIpc) is 3.16. The van der Waals surface area contributed by atoms with Gasteiger partial charge in [-0.05, 0) is 50.9 Å². The third-order valence-electron chi connectivity index (χ3n) is 5.17. The number of rotatable bonds is 5. The Hall–Kier alpha value is 0.130. The second kappa shape index (κ2) is 8.84. The molecule has 1 aliphatic carbocycles. The Morgan fingerprint density at radius 3 is 2.59 bits per heavy atom. The smallest absolute Gasteiger partial charge is 0.232 e. The van der Waals surface area contributed by atoms with E-state index in [2.05, 4.69) is 9.80 Å². The van der Waals surface area contributed by atoms with Gasteiger partial charge in [0.15, 0.2) is 0 Å². The van der Waals surface area contributed by atoms with Crippen molar-refractivity contribution >= 4 is 29.4 Å². The predicted octanol–water partition coefficient (Wildman–Crippen LogP) is 3.09. The van der Waals surface area contributed by atoms with E-state index >= 15 is 0 Å². The highest BCUT2D eigenvalue weighted by Gasteiger charge is 2.29. The molecule has 2 heterocycles. The van der Waals surface area contributed by atoms with Gasteiger partial charge in [0.25, 0.3) is 0 Å². The fraction of sp³-hybridized carbons (Fsp3) is 0.941. The molecule has 0 aromatic rings. The number of likely N-dealkylation sites (tertiary alicyclic amines) is 1. The van der Waals surface area contributed by atoms with Gasteiger partial charge in [0.2, 0.25) is 5.91 Å². The topological polar surface area (TPSA) is 23.6 Å². The van der Waals surface area contributed by atoms with Gasteiger partial charge in [0.1, 0.15) is 0 Å². The summed E-state index contributed by atoms with van der Waals surface area (Å²) in [4.78, 5) is 17.6. The maximum absolute atomic E-state index is 12.8. The standard InChI is InChI=1S/C17H30N2OS2/c20-17(14-22-16-6-1-2-7-16)19-10-5-11-21-13-15(19)12-18-8-3-4-9-18/h15-16H,1-14H2/t15-/m0/s1. The lowest BCUT2D eigenvalue weighted by atomic mass is 10.2. The largest absolute Gasteiger partial charge is 0.337 e. The van der Waals surface area contributed by atoms with Gasteiger partial charge < -0.3 is 9.80 Å². The number of hydrogen-bond acceptors (Lipinski definition) is 4. The van der Waals surface area contributed by atoms with Crippen molar-refractivity contribution in [1.29, 1.82) is 0 Å². The summed E-state index contributed by atoms with van der Waals surface area (Å²) in [6.45, 7) is 4.56. The zero-order chi connectivity index (χ0) is 15.2. The highest BCUT2D eigenvalue weighted by Crippen LogP contribution is 2.30. The highest BCUT2D eigenvalue weighted by molar-refractivity contribution is 8.00. The predicted molar refractivity (Wildman–Crippen MR) is 97.8 cm³/mol. The Balaban J connectivity index is 1.52. The van der Waals surface area contributed by atoms with Crippen LogP contribution in [0.1, 0.15) is 44.9 Å². The summed E-state index contributed by atoms with van der Waals surface area (Å²) < 4.78 is 0. The van der Waals surface area contributed by atoms with Crippen molar-refractivity contribution in [3.05, 3.63) is 0 Å². The maximum Gasteiger partial charge on any atom is 0.232 e. The van der Waals surface area contributed by atoms with Gasteiger partial charge in [-0.25, -0.2) is 0 Å². The Bertz CT molecular complexity index is 355. The van der Waals surface area contributed by atoms with E-state index in [4.69, 9.17) is 0 Å². The molecule has 0 radical (unpaired) electrons. The quantitative estimate of drug-likeness (QED) is 0.766. The van der Waals surface area contributed by atoms with Crippen LogP contribution in [0.5, 0.6) is 0 Å². The molecule has 126 valence electrons. The zero-order valence-corrected chi connectivity index (χ0v) is 15.3. The minimum atomic E-state index is 0.406. The normalized spacial score (nSPS) is 28.2. The van der Waals surface area contributed by atoms with Crippen LogP contribution < -0.4 is 0 Å². The SMILES string of the molecule is O=C(CSC1CCCC1)N1CCCSC[C@@H]1CN1CCCC1. The van der Waals surface area contributed by atoms with Crippen molar-refractivity contribution in [1.82, 2.24) is 9.80 Å². The summed E-state index contributed by atoms with van der Waals surface area (Å²) in [7, 11) is 0. The Labute approximate surface area is 143 Å². The number of carbonyl (C=O) groups excluding carboxylic acids is 1. The molecule has 3 nitrogen and oxygen atoms in total. The summed E-state index contributed by atoms with van der Waals surface area (Å²) in [5.74, 6) is 3.47. The van der Waals surface area contributed by atoms with E-state index < -0.39 is 0 Å². The molecule has 0 bridgehead atoms. The molecule has 2 saturated heterocycles. The second-order valence-corrected chi connectivity index (χ2v) is 9.33. The Kier molecular flexibility index (Phi) is 6.82. The molecular weight excluding hydrogens is 312 g/mol. The minimum Gasteiger partial charge on any atom is -0.337 e. The first kappa shape index (κ1) is 17.0. The molecule has 1 saturated carbocycles. The molecule has 0 unspecified atom stereocenters. The Morgan fingerprint density at radius 2 is 1.82 bits per heavy atom. The van der Waals surface area contributed by atoms with Crippen LogP contribution in [-0.2, 0) is 4.79 Å². The summed E-state index contributed by atoms with van der Waals surface area (Å²) in [6.07, 6.45) is 9.22. The zero-order valence-electron chi connectivity index (χ0n) is 13.7. The highest BCUT2D eigenvalue weighted by atomic mass is 32.2. The summed E-state index contributed by atoms with van der Waals surface area (Å²) in [5.41, 5.74) is 0. The van der Waals surface area contributed by atoms with Gasteiger partial charge in [0, 0.05) is 24.1 Å². The summed E-state index contributed by atoms with van der Waals surface area (Å²) in [5, 5.41) is 0.752. The summed E-state index contributed by atoms with van der Waals surface area (Å²) in [6, 6.07) is 0.447. The minimum absolute atomic E-state index is 0.406. The van der Waals surface area contributed by atoms with Crippen LogP contribution in [0, 0.1) is 0 Å². The van der Waals surface area contributed by atoms with E-state index in [0.29, 0.717) is 17.7 Å². The third-order valence-corrected chi connectivity index (χ3v) is 7.73. The van der Waals surface area contributed by atoms with Crippen LogP contribution in [0.25, 0.3) is 0 Å². The fourth-order valence-corrected chi connectivity index (χ4v) is 6.17. The van der Waals surface area contributed by atoms with Crippen molar-refractivity contribution in [2.45, 2.75) is 56.2 Å². The van der Waals surface area contributed by atoms with Crippen LogP contribution in [0.3, 0.4) is 0 Å². The third kappa shape index (κ3) is 4.81. The van der Waals surface area contributed by atoms with Crippen LogP contribution in [0.15, 0.2) is 0 Å². The van der Waals surface area contributed by atoms with Crippen LogP contribution in [-0.4, -0.2) is 70.4 Å². The number of hydrogen-bond donors (Lipinski definition) is 0. The molecule has 2 aliphatic heterocycles. The molecule has 3 aliphatic rings. The van der Waals surface area contributed by atoms with Gasteiger partial charge >= 0.3 is 0 Å². The molecule has 22 heavy (non-hydrogen) atoms. The van der Waals surface area contributed by atoms with E-state index in [1.54, 1.807) is 0 Å². The Morgan fingerprint density at radius 1 is 1.05 bits per heavy atom. The second-order valence-electron chi connectivity index (χ2n) is 6.89. The first-order valence-electron chi connectivity index (χ1n) is 9.04. The van der Waals surface area contributed by atoms with Gasteiger partial charge in [-0.1, -0.05) is 12.8 Å². The van der Waals surface area contributed by atoms with Gasteiger partial charge in [-0.3, -0.25) is 4.79 Å². The maximum atomic E-state index is 12.8. The van der Waals surface area contributed by atoms with E-state index in [-0.39, 0.29) is 0 Å². The number of amides is 1. The monoisotopic (exact) mass is 342 g/mol. The van der Waals surface area contributed by atoms with E-state index in [1.807, 2.05) is 23.5 Å². The van der Waals surface area contributed by atoms with Gasteiger partial charge in [-0.15, -0.1) is 11.8 Å². The molecule has 0 aromatic heterocycles. The molecule has 3 rings (SSSR count). The molecule has 3 fully saturated rings. The number of thioether (sulfide) groups is 2. The van der Waals surface area contributed by atoms with Crippen molar-refractivity contribution in [3.63, 3.8) is 0 Å². The molecule has 5 heteroatoms.